The van der Waals surface area contributed by atoms with Gasteiger partial charge in [-0.05, 0) is 36.6 Å². The molecule has 1 fully saturated rings. The number of rotatable bonds is 4. The molecule has 0 spiro atoms. The number of ether oxygens (including phenoxy) is 1. The molecule has 2 aromatic rings. The van der Waals surface area contributed by atoms with Crippen LogP contribution in [0.3, 0.4) is 0 Å². The second-order valence-electron chi connectivity index (χ2n) is 5.69. The van der Waals surface area contributed by atoms with Gasteiger partial charge in [0.15, 0.2) is 0 Å². The Balaban J connectivity index is 1.91. The number of halogens is 3. The van der Waals surface area contributed by atoms with E-state index in [1.807, 2.05) is 6.07 Å². The van der Waals surface area contributed by atoms with Gasteiger partial charge in [-0.2, -0.15) is 13.2 Å². The molecular weight excluding hydrogens is 321 g/mol. The molecule has 126 valence electrons. The third-order valence-corrected chi connectivity index (χ3v) is 4.17. The number of nitrogens with one attached hydrogen (secondary N) is 1. The number of hydrogen-bond acceptors (Lipinski definition) is 3. The van der Waals surface area contributed by atoms with Gasteiger partial charge in [0.05, 0.1) is 12.8 Å². The minimum atomic E-state index is -4.55. The average molecular weight is 336 g/mol. The van der Waals surface area contributed by atoms with Gasteiger partial charge >= 0.3 is 6.18 Å². The zero-order chi connectivity index (χ0) is 17.4. The fourth-order valence-electron chi connectivity index (χ4n) is 2.52. The minimum absolute atomic E-state index is 0.188. The highest BCUT2D eigenvalue weighted by Gasteiger charge is 2.68. The number of pyridine rings is 1. The number of anilines is 1. The first-order valence-corrected chi connectivity index (χ1v) is 7.34. The summed E-state index contributed by atoms with van der Waals surface area (Å²) in [4.78, 5) is 16.2. The second-order valence-corrected chi connectivity index (χ2v) is 5.69. The molecule has 3 rings (SSSR count). The van der Waals surface area contributed by atoms with Gasteiger partial charge in [0.1, 0.15) is 11.2 Å². The predicted octanol–water partition coefficient (Wildman–Crippen LogP) is 4.04. The highest BCUT2D eigenvalue weighted by Crippen LogP contribution is 2.58. The van der Waals surface area contributed by atoms with Crippen LogP contribution in [0.1, 0.15) is 12.8 Å². The summed E-state index contributed by atoms with van der Waals surface area (Å²) in [5.41, 5.74) is -0.564. The summed E-state index contributed by atoms with van der Waals surface area (Å²) in [5, 5.41) is 2.38. The van der Waals surface area contributed by atoms with Crippen LogP contribution in [0.25, 0.3) is 11.1 Å². The fraction of sp³-hybridized carbons (Fsp3) is 0.294. The highest BCUT2D eigenvalue weighted by atomic mass is 19.4. The lowest BCUT2D eigenvalue weighted by Gasteiger charge is -2.20. The third kappa shape index (κ3) is 2.81. The van der Waals surface area contributed by atoms with Crippen LogP contribution in [0.15, 0.2) is 42.7 Å². The van der Waals surface area contributed by atoms with Crippen molar-refractivity contribution in [1.29, 1.82) is 0 Å². The maximum Gasteiger partial charge on any atom is 0.403 e. The number of methoxy groups -OCH3 is 1. The lowest BCUT2D eigenvalue weighted by atomic mass is 10.0. The number of nitrogens with zero attached hydrogens (tertiary/aromatic N) is 1. The molecule has 7 heteroatoms. The van der Waals surface area contributed by atoms with E-state index in [1.165, 1.54) is 7.11 Å². The Morgan fingerprint density at radius 2 is 2.00 bits per heavy atom. The molecule has 0 unspecified atom stereocenters. The van der Waals surface area contributed by atoms with Crippen molar-refractivity contribution >= 4 is 11.6 Å². The molecule has 0 saturated heterocycles. The van der Waals surface area contributed by atoms with Gasteiger partial charge in [-0.25, -0.2) is 0 Å². The van der Waals surface area contributed by atoms with Gasteiger partial charge < -0.3 is 10.1 Å². The smallest absolute Gasteiger partial charge is 0.403 e. The van der Waals surface area contributed by atoms with Crippen LogP contribution < -0.4 is 10.1 Å². The Kier molecular flexibility index (Phi) is 3.95. The molecule has 1 amide bonds. The molecule has 24 heavy (non-hydrogen) atoms. The Morgan fingerprint density at radius 1 is 1.25 bits per heavy atom. The van der Waals surface area contributed by atoms with Crippen LogP contribution >= 0.6 is 0 Å². The third-order valence-electron chi connectivity index (χ3n) is 4.17. The Labute approximate surface area is 136 Å². The molecule has 1 aromatic heterocycles. The predicted molar refractivity (Wildman–Crippen MR) is 82.6 cm³/mol. The second kappa shape index (κ2) is 5.81. The van der Waals surface area contributed by atoms with Gasteiger partial charge in [-0.1, -0.05) is 12.1 Å². The number of carbonyl (C=O) groups is 1. The Morgan fingerprint density at radius 3 is 2.54 bits per heavy atom. The number of hydrogen-bond donors (Lipinski definition) is 1. The molecule has 0 aliphatic heterocycles. The zero-order valence-electron chi connectivity index (χ0n) is 12.9. The first kappa shape index (κ1) is 16.3. The minimum Gasteiger partial charge on any atom is -0.495 e. The van der Waals surface area contributed by atoms with Gasteiger partial charge in [0, 0.05) is 18.0 Å². The van der Waals surface area contributed by atoms with E-state index < -0.39 is 17.5 Å². The molecular formula is C17H15F3N2O2. The van der Waals surface area contributed by atoms with Crippen molar-refractivity contribution in [2.45, 2.75) is 19.0 Å². The number of carbonyl (C=O) groups excluding carboxylic acids is 1. The van der Waals surface area contributed by atoms with E-state index in [9.17, 15) is 18.0 Å². The summed E-state index contributed by atoms with van der Waals surface area (Å²) >= 11 is 0. The molecule has 1 aromatic carbocycles. The highest BCUT2D eigenvalue weighted by molar-refractivity contribution is 5.99. The average Bonchev–Trinajstić information content (AvgIpc) is 3.37. The van der Waals surface area contributed by atoms with Crippen molar-refractivity contribution in [3.05, 3.63) is 42.7 Å². The Hall–Kier alpha value is -2.57. The molecule has 1 heterocycles. The van der Waals surface area contributed by atoms with Crippen molar-refractivity contribution in [3.63, 3.8) is 0 Å². The van der Waals surface area contributed by atoms with Gasteiger partial charge in [-0.3, -0.25) is 9.78 Å². The number of alkyl halides is 3. The van der Waals surface area contributed by atoms with E-state index in [4.69, 9.17) is 4.74 Å². The Bertz CT molecular complexity index is 756. The summed E-state index contributed by atoms with van der Waals surface area (Å²) in [6.07, 6.45) is -1.67. The van der Waals surface area contributed by atoms with Gasteiger partial charge in [0.25, 0.3) is 0 Å². The van der Waals surface area contributed by atoms with Crippen molar-refractivity contribution in [1.82, 2.24) is 4.98 Å². The van der Waals surface area contributed by atoms with Crippen molar-refractivity contribution in [2.24, 2.45) is 5.41 Å². The van der Waals surface area contributed by atoms with E-state index in [1.54, 1.807) is 36.7 Å². The van der Waals surface area contributed by atoms with Crippen LogP contribution in [-0.4, -0.2) is 24.2 Å². The largest absolute Gasteiger partial charge is 0.495 e. The van der Waals surface area contributed by atoms with Crippen molar-refractivity contribution in [2.75, 3.05) is 12.4 Å². The lowest BCUT2D eigenvalue weighted by molar-refractivity contribution is -0.189. The monoisotopic (exact) mass is 336 g/mol. The van der Waals surface area contributed by atoms with Crippen LogP contribution in [0.4, 0.5) is 18.9 Å². The van der Waals surface area contributed by atoms with Crippen LogP contribution in [-0.2, 0) is 4.79 Å². The summed E-state index contributed by atoms with van der Waals surface area (Å²) in [7, 11) is 1.39. The number of amides is 1. The van der Waals surface area contributed by atoms with Crippen molar-refractivity contribution in [3.8, 4) is 16.9 Å². The first-order chi connectivity index (χ1) is 11.4. The molecule has 1 saturated carbocycles. The summed E-state index contributed by atoms with van der Waals surface area (Å²) in [5.74, 6) is -0.745. The normalized spacial score (nSPS) is 15.7. The summed E-state index contributed by atoms with van der Waals surface area (Å²) in [6.45, 7) is 0. The van der Waals surface area contributed by atoms with E-state index in [2.05, 4.69) is 10.3 Å². The topological polar surface area (TPSA) is 51.2 Å². The van der Waals surface area contributed by atoms with Gasteiger partial charge in [-0.15, -0.1) is 0 Å². The maximum absolute atomic E-state index is 13.1. The number of aromatic nitrogens is 1. The lowest BCUT2D eigenvalue weighted by Crippen LogP contribution is -2.37. The molecule has 0 radical (unpaired) electrons. The maximum atomic E-state index is 13.1. The fourth-order valence-corrected chi connectivity index (χ4v) is 2.52. The van der Waals surface area contributed by atoms with E-state index >= 15 is 0 Å². The molecule has 1 N–H and O–H groups in total. The van der Waals surface area contributed by atoms with Crippen LogP contribution in [0.5, 0.6) is 5.75 Å². The van der Waals surface area contributed by atoms with E-state index in [0.29, 0.717) is 5.75 Å². The standard InChI is InChI=1S/C17H15F3N2O2/c1-24-14-5-4-11(12-3-2-8-21-10-12)9-13(14)22-15(23)16(6-7-16)17(18,19)20/h2-5,8-10H,6-7H2,1H3,(H,22,23). The van der Waals surface area contributed by atoms with Crippen LogP contribution in [0.2, 0.25) is 0 Å². The molecule has 0 atom stereocenters. The molecule has 0 bridgehead atoms. The molecule has 1 aliphatic rings. The van der Waals surface area contributed by atoms with Crippen LogP contribution in [0, 0.1) is 5.41 Å². The quantitative estimate of drug-likeness (QED) is 0.917. The SMILES string of the molecule is COc1ccc(-c2cccnc2)cc1NC(=O)C1(C(F)(F)F)CC1. The van der Waals surface area contributed by atoms with Crippen molar-refractivity contribution < 1.29 is 22.7 Å². The van der Waals surface area contributed by atoms with Gasteiger partial charge in [0.2, 0.25) is 5.91 Å². The summed E-state index contributed by atoms with van der Waals surface area (Å²) in [6, 6.07) is 8.51. The summed E-state index contributed by atoms with van der Waals surface area (Å²) < 4.78 is 44.4. The van der Waals surface area contributed by atoms with E-state index in [0.717, 1.165) is 11.1 Å². The molecule has 4 nitrogen and oxygen atoms in total. The molecule has 1 aliphatic carbocycles. The van der Waals surface area contributed by atoms with E-state index in [-0.39, 0.29) is 18.5 Å². The first-order valence-electron chi connectivity index (χ1n) is 7.34. The number of benzene rings is 1. The zero-order valence-corrected chi connectivity index (χ0v) is 12.9.